The maximum atomic E-state index is 12.5. The van der Waals surface area contributed by atoms with E-state index in [1.54, 1.807) is 42.5 Å². The molecule has 3 rings (SSSR count). The van der Waals surface area contributed by atoms with E-state index >= 15 is 0 Å². The summed E-state index contributed by atoms with van der Waals surface area (Å²) >= 11 is 6.09. The Balaban J connectivity index is 1.66. The van der Waals surface area contributed by atoms with Crippen LogP contribution in [0.15, 0.2) is 72.8 Å². The number of hydrogen-bond donors (Lipinski definition) is 2. The van der Waals surface area contributed by atoms with Crippen LogP contribution in [-0.2, 0) is 0 Å². The lowest BCUT2D eigenvalue weighted by Crippen LogP contribution is -2.26. The fraction of sp³-hybridized carbons (Fsp3) is 0.130. The van der Waals surface area contributed by atoms with Gasteiger partial charge in [0.15, 0.2) is 0 Å². The lowest BCUT2D eigenvalue weighted by Gasteiger charge is -2.14. The van der Waals surface area contributed by atoms with Gasteiger partial charge in [0.2, 0.25) is 0 Å². The Labute approximate surface area is 169 Å². The monoisotopic (exact) mass is 392 g/mol. The number of rotatable bonds is 5. The van der Waals surface area contributed by atoms with Crippen LogP contribution >= 0.6 is 11.6 Å². The maximum absolute atomic E-state index is 12.5. The number of halogens is 1. The van der Waals surface area contributed by atoms with Gasteiger partial charge in [-0.2, -0.15) is 0 Å². The number of carbonyl (C=O) groups excluding carboxylic acids is 2. The molecular weight excluding hydrogens is 372 g/mol. The van der Waals surface area contributed by atoms with Crippen molar-refractivity contribution in [3.05, 3.63) is 100 Å². The van der Waals surface area contributed by atoms with Crippen LogP contribution in [0.4, 0.5) is 5.69 Å². The molecule has 2 N–H and O–H groups in total. The molecule has 0 bridgehead atoms. The second kappa shape index (κ2) is 8.72. The van der Waals surface area contributed by atoms with Crippen LogP contribution in [0.2, 0.25) is 5.02 Å². The first-order valence-electron chi connectivity index (χ1n) is 8.98. The molecule has 0 radical (unpaired) electrons. The van der Waals surface area contributed by atoms with E-state index < -0.39 is 0 Å². The zero-order valence-electron chi connectivity index (χ0n) is 15.7. The van der Waals surface area contributed by atoms with E-state index in [2.05, 4.69) is 10.6 Å². The van der Waals surface area contributed by atoms with Crippen LogP contribution < -0.4 is 10.6 Å². The maximum Gasteiger partial charge on any atom is 0.255 e. The van der Waals surface area contributed by atoms with Gasteiger partial charge in [0.05, 0.1) is 6.04 Å². The number of hydrogen-bond acceptors (Lipinski definition) is 2. The van der Waals surface area contributed by atoms with Crippen molar-refractivity contribution in [1.82, 2.24) is 5.32 Å². The van der Waals surface area contributed by atoms with Gasteiger partial charge in [-0.25, -0.2) is 0 Å². The minimum Gasteiger partial charge on any atom is -0.346 e. The van der Waals surface area contributed by atoms with Crippen LogP contribution in [0.1, 0.15) is 44.8 Å². The molecule has 0 fully saturated rings. The third kappa shape index (κ3) is 4.59. The Bertz CT molecular complexity index is 985. The first-order chi connectivity index (χ1) is 13.5. The lowest BCUT2D eigenvalue weighted by atomic mass is 10.1. The Hall–Kier alpha value is -3.11. The molecule has 0 spiro atoms. The standard InChI is InChI=1S/C23H21ClN2O2/c1-15-20(24)9-6-10-21(15)26-23(28)19-13-11-18(12-14-19)22(27)25-16(2)17-7-4-3-5-8-17/h3-14,16H,1-2H3,(H,25,27)(H,26,28). The molecule has 0 heterocycles. The lowest BCUT2D eigenvalue weighted by molar-refractivity contribution is 0.0938. The summed E-state index contributed by atoms with van der Waals surface area (Å²) in [6, 6.07) is 21.6. The first-order valence-corrected chi connectivity index (χ1v) is 9.36. The summed E-state index contributed by atoms with van der Waals surface area (Å²) in [5, 5.41) is 6.40. The molecule has 1 unspecified atom stereocenters. The Morgan fingerprint density at radius 2 is 1.43 bits per heavy atom. The average Bonchev–Trinajstić information content (AvgIpc) is 2.72. The zero-order valence-corrected chi connectivity index (χ0v) is 16.5. The van der Waals surface area contributed by atoms with Crippen molar-refractivity contribution in [3.63, 3.8) is 0 Å². The van der Waals surface area contributed by atoms with Gasteiger partial charge in [0, 0.05) is 21.8 Å². The predicted octanol–water partition coefficient (Wildman–Crippen LogP) is 5.39. The van der Waals surface area contributed by atoms with Gasteiger partial charge in [0.1, 0.15) is 0 Å². The molecule has 0 aromatic heterocycles. The van der Waals surface area contributed by atoms with Crippen molar-refractivity contribution in [1.29, 1.82) is 0 Å². The van der Waals surface area contributed by atoms with Gasteiger partial charge in [-0.3, -0.25) is 9.59 Å². The third-order valence-corrected chi connectivity index (χ3v) is 4.98. The molecule has 1 atom stereocenters. The SMILES string of the molecule is Cc1c(Cl)cccc1NC(=O)c1ccc(C(=O)NC(C)c2ccccc2)cc1. The summed E-state index contributed by atoms with van der Waals surface area (Å²) in [6.45, 7) is 3.78. The summed E-state index contributed by atoms with van der Waals surface area (Å²) in [5.41, 5.74) is 3.47. The van der Waals surface area contributed by atoms with Gasteiger partial charge in [-0.05, 0) is 61.4 Å². The summed E-state index contributed by atoms with van der Waals surface area (Å²) in [7, 11) is 0. The molecule has 5 heteroatoms. The number of carbonyl (C=O) groups is 2. The van der Waals surface area contributed by atoms with E-state index in [1.807, 2.05) is 44.2 Å². The van der Waals surface area contributed by atoms with Crippen LogP contribution in [0, 0.1) is 6.92 Å². The molecule has 3 aromatic carbocycles. The largest absolute Gasteiger partial charge is 0.346 e. The van der Waals surface area contributed by atoms with Gasteiger partial charge in [-0.15, -0.1) is 0 Å². The van der Waals surface area contributed by atoms with Crippen LogP contribution in [0.3, 0.4) is 0 Å². The third-order valence-electron chi connectivity index (χ3n) is 4.57. The molecule has 142 valence electrons. The predicted molar refractivity (Wildman–Crippen MR) is 113 cm³/mol. The molecule has 0 aliphatic heterocycles. The minimum atomic E-state index is -0.255. The second-order valence-electron chi connectivity index (χ2n) is 6.55. The van der Waals surface area contributed by atoms with Crippen molar-refractivity contribution in [2.45, 2.75) is 19.9 Å². The van der Waals surface area contributed by atoms with Crippen molar-refractivity contribution < 1.29 is 9.59 Å². The molecule has 0 saturated carbocycles. The van der Waals surface area contributed by atoms with Gasteiger partial charge >= 0.3 is 0 Å². The van der Waals surface area contributed by atoms with E-state index in [4.69, 9.17) is 11.6 Å². The first kappa shape index (κ1) is 19.6. The molecular formula is C23H21ClN2O2. The van der Waals surface area contributed by atoms with Crippen molar-refractivity contribution >= 4 is 29.1 Å². The highest BCUT2D eigenvalue weighted by atomic mass is 35.5. The quantitative estimate of drug-likeness (QED) is 0.611. The Kier molecular flexibility index (Phi) is 6.12. The molecule has 2 amide bonds. The Morgan fingerprint density at radius 1 is 0.821 bits per heavy atom. The van der Waals surface area contributed by atoms with Gasteiger partial charge < -0.3 is 10.6 Å². The van der Waals surface area contributed by atoms with Crippen LogP contribution in [0.5, 0.6) is 0 Å². The molecule has 28 heavy (non-hydrogen) atoms. The molecule has 0 saturated heterocycles. The summed E-state index contributed by atoms with van der Waals surface area (Å²) in [4.78, 5) is 24.9. The highest BCUT2D eigenvalue weighted by molar-refractivity contribution is 6.31. The summed E-state index contributed by atoms with van der Waals surface area (Å²) < 4.78 is 0. The van der Waals surface area contributed by atoms with Gasteiger partial charge in [-0.1, -0.05) is 48.0 Å². The Morgan fingerprint density at radius 3 is 2.07 bits per heavy atom. The molecule has 0 aliphatic rings. The van der Waals surface area contributed by atoms with Crippen molar-refractivity contribution in [2.24, 2.45) is 0 Å². The van der Waals surface area contributed by atoms with E-state index in [9.17, 15) is 9.59 Å². The molecule has 0 aliphatic carbocycles. The topological polar surface area (TPSA) is 58.2 Å². The highest BCUT2D eigenvalue weighted by Gasteiger charge is 2.13. The van der Waals surface area contributed by atoms with E-state index in [0.717, 1.165) is 11.1 Å². The van der Waals surface area contributed by atoms with Crippen molar-refractivity contribution in [3.8, 4) is 0 Å². The smallest absolute Gasteiger partial charge is 0.255 e. The normalized spacial score (nSPS) is 11.5. The highest BCUT2D eigenvalue weighted by Crippen LogP contribution is 2.23. The summed E-state index contributed by atoms with van der Waals surface area (Å²) in [6.07, 6.45) is 0. The van der Waals surface area contributed by atoms with Crippen molar-refractivity contribution in [2.75, 3.05) is 5.32 Å². The summed E-state index contributed by atoms with van der Waals surface area (Å²) in [5.74, 6) is -0.441. The number of amides is 2. The van der Waals surface area contributed by atoms with Gasteiger partial charge in [0.25, 0.3) is 11.8 Å². The minimum absolute atomic E-state index is 0.109. The zero-order chi connectivity index (χ0) is 20.1. The fourth-order valence-electron chi connectivity index (χ4n) is 2.82. The average molecular weight is 393 g/mol. The number of benzene rings is 3. The van der Waals surface area contributed by atoms with Crippen LogP contribution in [0.25, 0.3) is 0 Å². The number of nitrogens with one attached hydrogen (secondary N) is 2. The number of anilines is 1. The van der Waals surface area contributed by atoms with Crippen LogP contribution in [-0.4, -0.2) is 11.8 Å². The molecule has 3 aromatic rings. The second-order valence-corrected chi connectivity index (χ2v) is 6.96. The van der Waals surface area contributed by atoms with E-state index in [0.29, 0.717) is 21.8 Å². The fourth-order valence-corrected chi connectivity index (χ4v) is 2.99. The van der Waals surface area contributed by atoms with E-state index in [-0.39, 0.29) is 17.9 Å². The van der Waals surface area contributed by atoms with E-state index in [1.165, 1.54) is 0 Å². The molecule has 4 nitrogen and oxygen atoms in total.